The number of halogens is 1. The van der Waals surface area contributed by atoms with Crippen LogP contribution in [0.3, 0.4) is 0 Å². The fourth-order valence-corrected chi connectivity index (χ4v) is 2.66. The summed E-state index contributed by atoms with van der Waals surface area (Å²) in [5, 5.41) is 7.75. The third-order valence-corrected chi connectivity index (χ3v) is 3.85. The lowest BCUT2D eigenvalue weighted by atomic mass is 10.5. The zero-order chi connectivity index (χ0) is 13.0. The van der Waals surface area contributed by atoms with E-state index in [-0.39, 0.29) is 0 Å². The Kier molecular flexibility index (Phi) is 4.54. The van der Waals surface area contributed by atoms with Crippen LogP contribution in [-0.4, -0.2) is 32.0 Å². The van der Waals surface area contributed by atoms with E-state index < -0.39 is 10.8 Å². The van der Waals surface area contributed by atoms with Gasteiger partial charge in [-0.25, -0.2) is 0 Å². The number of hydrogen-bond donors (Lipinski definition) is 0. The third kappa shape index (κ3) is 3.67. The fraction of sp³-hybridized carbons (Fsp3) is 0.400. The van der Waals surface area contributed by atoms with Gasteiger partial charge in [-0.1, -0.05) is 0 Å². The summed E-state index contributed by atoms with van der Waals surface area (Å²) in [5.74, 6) is 1.81. The summed E-state index contributed by atoms with van der Waals surface area (Å²) in [6.45, 7) is 0.601. The molecule has 0 saturated carbocycles. The van der Waals surface area contributed by atoms with E-state index in [1.807, 2.05) is 6.20 Å². The smallest absolute Gasteiger partial charge is 0.254 e. The molecule has 8 heteroatoms. The monoisotopic (exact) mass is 333 g/mol. The van der Waals surface area contributed by atoms with E-state index in [1.165, 1.54) is 7.11 Å². The van der Waals surface area contributed by atoms with Gasteiger partial charge in [0, 0.05) is 28.8 Å². The molecule has 98 valence electrons. The Morgan fingerprint density at radius 2 is 2.44 bits per heavy atom. The number of aryl methyl sites for hydroxylation is 1. The first kappa shape index (κ1) is 13.3. The summed E-state index contributed by atoms with van der Waals surface area (Å²) in [6, 6.07) is 1.64. The summed E-state index contributed by atoms with van der Waals surface area (Å²) >= 11 is 3.31. The molecule has 0 aliphatic carbocycles. The normalized spacial score (nSPS) is 12.6. The van der Waals surface area contributed by atoms with Crippen LogP contribution in [-0.2, 0) is 23.1 Å². The molecule has 0 bridgehead atoms. The van der Waals surface area contributed by atoms with Crippen LogP contribution in [0.1, 0.15) is 5.76 Å². The molecule has 2 rings (SSSR count). The van der Waals surface area contributed by atoms with E-state index in [0.717, 1.165) is 4.47 Å². The lowest BCUT2D eigenvalue weighted by Crippen LogP contribution is -2.09. The van der Waals surface area contributed by atoms with Gasteiger partial charge in [0.05, 0.1) is 30.1 Å². The average Bonchev–Trinajstić information content (AvgIpc) is 2.95. The van der Waals surface area contributed by atoms with E-state index in [1.54, 1.807) is 16.9 Å². The van der Waals surface area contributed by atoms with Crippen LogP contribution >= 0.6 is 15.9 Å². The van der Waals surface area contributed by atoms with Crippen LogP contribution < -0.4 is 4.74 Å². The van der Waals surface area contributed by atoms with Crippen LogP contribution in [0, 0.1) is 0 Å². The molecule has 0 aliphatic rings. The standard InChI is InChI=1S/C10H12BrN3O3S/c1-16-10-4-9(17-13-10)7-18(15)3-2-14-6-8(11)5-12-14/h4-6H,2-3,7H2,1H3. The van der Waals surface area contributed by atoms with Crippen LogP contribution in [0.5, 0.6) is 5.88 Å². The van der Waals surface area contributed by atoms with Gasteiger partial charge in [0.25, 0.3) is 5.88 Å². The highest BCUT2D eigenvalue weighted by molar-refractivity contribution is 9.10. The van der Waals surface area contributed by atoms with Crippen molar-refractivity contribution < 1.29 is 13.5 Å². The van der Waals surface area contributed by atoms with Crippen LogP contribution in [0.25, 0.3) is 0 Å². The van der Waals surface area contributed by atoms with Crippen molar-refractivity contribution in [3.8, 4) is 5.88 Å². The van der Waals surface area contributed by atoms with E-state index >= 15 is 0 Å². The van der Waals surface area contributed by atoms with Gasteiger partial charge in [-0.2, -0.15) is 5.10 Å². The predicted octanol–water partition coefficient (Wildman–Crippen LogP) is 1.59. The van der Waals surface area contributed by atoms with E-state index in [4.69, 9.17) is 9.26 Å². The molecule has 0 amide bonds. The maximum absolute atomic E-state index is 11.8. The summed E-state index contributed by atoms with van der Waals surface area (Å²) in [7, 11) is 0.492. The number of methoxy groups -OCH3 is 1. The SMILES string of the molecule is COc1cc(CS(=O)CCn2cc(Br)cn2)on1. The van der Waals surface area contributed by atoms with Crippen molar-refractivity contribution in [2.24, 2.45) is 0 Å². The Morgan fingerprint density at radius 1 is 1.61 bits per heavy atom. The third-order valence-electron chi connectivity index (χ3n) is 2.20. The minimum atomic E-state index is -1.02. The van der Waals surface area contributed by atoms with Crippen molar-refractivity contribution in [1.29, 1.82) is 0 Å². The predicted molar refractivity (Wildman–Crippen MR) is 69.7 cm³/mol. The molecular weight excluding hydrogens is 322 g/mol. The number of ether oxygens (including phenoxy) is 1. The number of rotatable bonds is 6. The lowest BCUT2D eigenvalue weighted by Gasteiger charge is -2.00. The lowest BCUT2D eigenvalue weighted by molar-refractivity contribution is 0.330. The van der Waals surface area contributed by atoms with Crippen molar-refractivity contribution in [3.05, 3.63) is 28.7 Å². The molecule has 2 aromatic rings. The van der Waals surface area contributed by atoms with Gasteiger partial charge in [0.2, 0.25) is 0 Å². The van der Waals surface area contributed by atoms with Crippen molar-refractivity contribution in [2.75, 3.05) is 12.9 Å². The zero-order valence-electron chi connectivity index (χ0n) is 9.71. The minimum absolute atomic E-state index is 0.332. The molecule has 0 fully saturated rings. The van der Waals surface area contributed by atoms with Crippen LogP contribution in [0.4, 0.5) is 0 Å². The first-order valence-corrected chi connectivity index (χ1v) is 7.48. The molecule has 6 nitrogen and oxygen atoms in total. The maximum Gasteiger partial charge on any atom is 0.254 e. The molecule has 2 aromatic heterocycles. The molecular formula is C10H12BrN3O3S. The summed E-state index contributed by atoms with van der Waals surface area (Å²) in [5.41, 5.74) is 0. The highest BCUT2D eigenvalue weighted by atomic mass is 79.9. The molecule has 18 heavy (non-hydrogen) atoms. The summed E-state index contributed by atoms with van der Waals surface area (Å²) in [4.78, 5) is 0. The molecule has 0 aromatic carbocycles. The molecule has 0 radical (unpaired) electrons. The Balaban J connectivity index is 1.81. The second-order valence-corrected chi connectivity index (χ2v) is 6.04. The molecule has 0 saturated heterocycles. The van der Waals surface area contributed by atoms with E-state index in [0.29, 0.717) is 29.7 Å². The van der Waals surface area contributed by atoms with Crippen molar-refractivity contribution in [2.45, 2.75) is 12.3 Å². The van der Waals surface area contributed by atoms with Gasteiger partial charge in [-0.3, -0.25) is 8.89 Å². The largest absolute Gasteiger partial charge is 0.479 e. The maximum atomic E-state index is 11.8. The van der Waals surface area contributed by atoms with Crippen molar-refractivity contribution in [1.82, 2.24) is 14.9 Å². The van der Waals surface area contributed by atoms with Gasteiger partial charge in [-0.15, -0.1) is 0 Å². The van der Waals surface area contributed by atoms with Gasteiger partial charge in [0.15, 0.2) is 5.76 Å². The number of hydrogen-bond acceptors (Lipinski definition) is 5. The topological polar surface area (TPSA) is 70.2 Å². The first-order valence-electron chi connectivity index (χ1n) is 5.20. The van der Waals surface area contributed by atoms with E-state index in [2.05, 4.69) is 26.2 Å². The Hall–Kier alpha value is -1.15. The zero-order valence-corrected chi connectivity index (χ0v) is 12.1. The summed E-state index contributed by atoms with van der Waals surface area (Å²) < 4.78 is 24.3. The van der Waals surface area contributed by atoms with Gasteiger partial charge < -0.3 is 9.26 Å². The number of aromatic nitrogens is 3. The molecule has 2 heterocycles. The second-order valence-electron chi connectivity index (χ2n) is 3.55. The van der Waals surface area contributed by atoms with Gasteiger partial charge in [-0.05, 0) is 21.1 Å². The Bertz CT molecular complexity index is 540. The van der Waals surface area contributed by atoms with Crippen LogP contribution in [0.2, 0.25) is 0 Å². The van der Waals surface area contributed by atoms with Crippen molar-refractivity contribution >= 4 is 26.7 Å². The summed E-state index contributed by atoms with van der Waals surface area (Å²) in [6.07, 6.45) is 3.54. The van der Waals surface area contributed by atoms with Crippen molar-refractivity contribution in [3.63, 3.8) is 0 Å². The molecule has 0 spiro atoms. The highest BCUT2D eigenvalue weighted by Crippen LogP contribution is 2.12. The fourth-order valence-electron chi connectivity index (χ4n) is 1.35. The highest BCUT2D eigenvalue weighted by Gasteiger charge is 2.09. The van der Waals surface area contributed by atoms with Crippen LogP contribution in [0.15, 0.2) is 27.5 Å². The quantitative estimate of drug-likeness (QED) is 0.802. The Morgan fingerprint density at radius 3 is 3.06 bits per heavy atom. The minimum Gasteiger partial charge on any atom is -0.479 e. The van der Waals surface area contributed by atoms with Gasteiger partial charge >= 0.3 is 0 Å². The Labute approximate surface area is 115 Å². The number of nitrogens with zero attached hydrogens (tertiary/aromatic N) is 3. The molecule has 0 aliphatic heterocycles. The van der Waals surface area contributed by atoms with Gasteiger partial charge in [0.1, 0.15) is 0 Å². The first-order chi connectivity index (χ1) is 8.67. The molecule has 1 atom stereocenters. The second kappa shape index (κ2) is 6.14. The van der Waals surface area contributed by atoms with E-state index in [9.17, 15) is 4.21 Å². The molecule has 0 N–H and O–H groups in total. The molecule has 1 unspecified atom stereocenters. The average molecular weight is 334 g/mol.